The lowest BCUT2D eigenvalue weighted by molar-refractivity contribution is -0.129. The van der Waals surface area contributed by atoms with Gasteiger partial charge in [0, 0.05) is 17.6 Å². The van der Waals surface area contributed by atoms with E-state index in [0.717, 1.165) is 16.8 Å². The average Bonchev–Trinajstić information content (AvgIpc) is 2.71. The largest absolute Gasteiger partial charge is 0.449 e. The molecule has 28 heavy (non-hydrogen) atoms. The van der Waals surface area contributed by atoms with Crippen LogP contribution in [-0.4, -0.2) is 29.5 Å². The minimum Gasteiger partial charge on any atom is -0.449 e. The predicted molar refractivity (Wildman–Crippen MR) is 109 cm³/mol. The predicted octanol–water partition coefficient (Wildman–Crippen LogP) is 4.01. The number of nitrogens with one attached hydrogen (secondary N) is 1. The van der Waals surface area contributed by atoms with E-state index in [1.165, 1.54) is 0 Å². The molecular weight excluding hydrogens is 352 g/mol. The third kappa shape index (κ3) is 4.55. The standard InChI is InChI=1S/C23H24N2O3/c1-15(18-9-5-4-6-10-18)14-24-22(26)17(3)28-23(27)20-13-16(2)25-21-12-8-7-11-19(20)21/h4-13,15,17H,14H2,1-3H3,(H,24,26)/t15-,17-/m1/s1. The van der Waals surface area contributed by atoms with Crippen molar-refractivity contribution in [3.63, 3.8) is 0 Å². The monoisotopic (exact) mass is 376 g/mol. The highest BCUT2D eigenvalue weighted by molar-refractivity contribution is 6.04. The number of pyridine rings is 1. The van der Waals surface area contributed by atoms with Gasteiger partial charge in [0.25, 0.3) is 5.91 Å². The van der Waals surface area contributed by atoms with Crippen molar-refractivity contribution < 1.29 is 14.3 Å². The Kier molecular flexibility index (Phi) is 6.04. The molecule has 0 aliphatic heterocycles. The van der Waals surface area contributed by atoms with Crippen LogP contribution in [0.4, 0.5) is 0 Å². The van der Waals surface area contributed by atoms with Gasteiger partial charge in [-0.05, 0) is 37.5 Å². The Morgan fingerprint density at radius 1 is 1.04 bits per heavy atom. The van der Waals surface area contributed by atoms with E-state index in [1.807, 2.05) is 68.4 Å². The second-order valence-electron chi connectivity index (χ2n) is 6.93. The van der Waals surface area contributed by atoms with Crippen molar-refractivity contribution in [1.82, 2.24) is 10.3 Å². The summed E-state index contributed by atoms with van der Waals surface area (Å²) in [4.78, 5) is 29.5. The van der Waals surface area contributed by atoms with Gasteiger partial charge in [0.1, 0.15) is 0 Å². The van der Waals surface area contributed by atoms with E-state index in [-0.39, 0.29) is 11.8 Å². The highest BCUT2D eigenvalue weighted by Gasteiger charge is 2.21. The van der Waals surface area contributed by atoms with E-state index in [1.54, 1.807) is 13.0 Å². The molecule has 5 nitrogen and oxygen atoms in total. The molecule has 3 aromatic rings. The van der Waals surface area contributed by atoms with Crippen LogP contribution < -0.4 is 5.32 Å². The maximum absolute atomic E-state index is 12.7. The first kappa shape index (κ1) is 19.5. The van der Waals surface area contributed by atoms with Crippen molar-refractivity contribution in [3.8, 4) is 0 Å². The number of amides is 1. The quantitative estimate of drug-likeness (QED) is 0.660. The van der Waals surface area contributed by atoms with Gasteiger partial charge in [-0.15, -0.1) is 0 Å². The van der Waals surface area contributed by atoms with Crippen LogP contribution in [0.3, 0.4) is 0 Å². The third-order valence-electron chi connectivity index (χ3n) is 4.67. The van der Waals surface area contributed by atoms with Gasteiger partial charge in [-0.1, -0.05) is 55.5 Å². The first-order valence-corrected chi connectivity index (χ1v) is 9.35. The van der Waals surface area contributed by atoms with Crippen LogP contribution in [0.15, 0.2) is 60.7 Å². The third-order valence-corrected chi connectivity index (χ3v) is 4.67. The Morgan fingerprint density at radius 3 is 2.46 bits per heavy atom. The number of ether oxygens (including phenoxy) is 1. The summed E-state index contributed by atoms with van der Waals surface area (Å²) < 4.78 is 5.42. The van der Waals surface area contributed by atoms with Crippen LogP contribution in [0.1, 0.15) is 41.4 Å². The summed E-state index contributed by atoms with van der Waals surface area (Å²) in [6.45, 7) is 5.92. The smallest absolute Gasteiger partial charge is 0.339 e. The van der Waals surface area contributed by atoms with Gasteiger partial charge in [-0.2, -0.15) is 0 Å². The number of nitrogens with zero attached hydrogens (tertiary/aromatic N) is 1. The zero-order chi connectivity index (χ0) is 20.1. The maximum Gasteiger partial charge on any atom is 0.339 e. The van der Waals surface area contributed by atoms with Crippen molar-refractivity contribution in [2.75, 3.05) is 6.54 Å². The van der Waals surface area contributed by atoms with E-state index in [4.69, 9.17) is 4.74 Å². The minimum atomic E-state index is -0.886. The number of benzene rings is 2. The lowest BCUT2D eigenvalue weighted by Crippen LogP contribution is -2.37. The number of rotatable bonds is 6. The lowest BCUT2D eigenvalue weighted by Gasteiger charge is -2.17. The number of hydrogen-bond donors (Lipinski definition) is 1. The number of aryl methyl sites for hydroxylation is 1. The molecule has 1 N–H and O–H groups in total. The van der Waals surface area contributed by atoms with Crippen LogP contribution in [0.25, 0.3) is 10.9 Å². The second-order valence-corrected chi connectivity index (χ2v) is 6.93. The molecular formula is C23H24N2O3. The summed E-state index contributed by atoms with van der Waals surface area (Å²) in [5.74, 6) is -0.675. The number of fused-ring (bicyclic) bond motifs is 1. The van der Waals surface area contributed by atoms with E-state index in [2.05, 4.69) is 10.3 Å². The first-order valence-electron chi connectivity index (χ1n) is 9.35. The van der Waals surface area contributed by atoms with Gasteiger partial charge in [0.15, 0.2) is 6.10 Å². The zero-order valence-electron chi connectivity index (χ0n) is 16.3. The van der Waals surface area contributed by atoms with Crippen molar-refractivity contribution in [2.45, 2.75) is 32.8 Å². The number of carbonyl (C=O) groups is 2. The van der Waals surface area contributed by atoms with Crippen LogP contribution in [0.2, 0.25) is 0 Å². The molecule has 0 aliphatic carbocycles. The molecule has 0 saturated heterocycles. The minimum absolute atomic E-state index is 0.167. The Morgan fingerprint density at radius 2 is 1.71 bits per heavy atom. The summed E-state index contributed by atoms with van der Waals surface area (Å²) in [7, 11) is 0. The average molecular weight is 376 g/mol. The number of esters is 1. The van der Waals surface area contributed by atoms with Gasteiger partial charge in [0.05, 0.1) is 11.1 Å². The molecule has 0 saturated carbocycles. The maximum atomic E-state index is 12.7. The van der Waals surface area contributed by atoms with Crippen LogP contribution in [0.5, 0.6) is 0 Å². The number of hydrogen-bond acceptors (Lipinski definition) is 4. The molecule has 0 unspecified atom stereocenters. The van der Waals surface area contributed by atoms with Crippen molar-refractivity contribution in [3.05, 3.63) is 77.5 Å². The summed E-state index contributed by atoms with van der Waals surface area (Å²) in [6, 6.07) is 19.0. The SMILES string of the molecule is Cc1cc(C(=O)O[C@H](C)C(=O)NC[C@@H](C)c2ccccc2)c2ccccc2n1. The first-order chi connectivity index (χ1) is 13.5. The normalized spacial score (nSPS) is 13.0. The molecule has 0 bridgehead atoms. The topological polar surface area (TPSA) is 68.3 Å². The van der Waals surface area contributed by atoms with E-state index >= 15 is 0 Å². The van der Waals surface area contributed by atoms with Crippen molar-refractivity contribution >= 4 is 22.8 Å². The summed E-state index contributed by atoms with van der Waals surface area (Å²) in [6.07, 6.45) is -0.886. The molecule has 0 fully saturated rings. The van der Waals surface area contributed by atoms with Crippen LogP contribution in [0, 0.1) is 6.92 Å². The van der Waals surface area contributed by atoms with E-state index in [9.17, 15) is 9.59 Å². The Balaban J connectivity index is 1.63. The van der Waals surface area contributed by atoms with Gasteiger partial charge >= 0.3 is 5.97 Å². The molecule has 1 aromatic heterocycles. The van der Waals surface area contributed by atoms with Crippen LogP contribution >= 0.6 is 0 Å². The Hall–Kier alpha value is -3.21. The zero-order valence-corrected chi connectivity index (χ0v) is 16.3. The molecule has 1 amide bonds. The molecule has 5 heteroatoms. The summed E-state index contributed by atoms with van der Waals surface area (Å²) >= 11 is 0. The number of para-hydroxylation sites is 1. The van der Waals surface area contributed by atoms with Gasteiger partial charge in [-0.25, -0.2) is 4.79 Å². The molecule has 2 aromatic carbocycles. The second kappa shape index (κ2) is 8.65. The highest BCUT2D eigenvalue weighted by Crippen LogP contribution is 2.20. The Labute approximate surface area is 164 Å². The van der Waals surface area contributed by atoms with Gasteiger partial charge in [0.2, 0.25) is 0 Å². The molecule has 0 spiro atoms. The molecule has 3 rings (SSSR count). The fraction of sp³-hybridized carbons (Fsp3) is 0.261. The van der Waals surface area contributed by atoms with Crippen molar-refractivity contribution in [2.24, 2.45) is 0 Å². The van der Waals surface area contributed by atoms with Gasteiger partial charge in [-0.3, -0.25) is 9.78 Å². The molecule has 2 atom stereocenters. The highest BCUT2D eigenvalue weighted by atomic mass is 16.5. The van der Waals surface area contributed by atoms with Gasteiger partial charge < -0.3 is 10.1 Å². The van der Waals surface area contributed by atoms with Crippen molar-refractivity contribution in [1.29, 1.82) is 0 Å². The molecule has 0 radical (unpaired) electrons. The summed E-state index contributed by atoms with van der Waals surface area (Å²) in [5, 5.41) is 3.57. The molecule has 144 valence electrons. The van der Waals surface area contributed by atoms with E-state index < -0.39 is 12.1 Å². The number of carbonyl (C=O) groups excluding carboxylic acids is 2. The summed E-state index contributed by atoms with van der Waals surface area (Å²) in [5.41, 5.74) is 3.01. The lowest BCUT2D eigenvalue weighted by atomic mass is 10.0. The van der Waals surface area contributed by atoms with Crippen LogP contribution in [-0.2, 0) is 9.53 Å². The fourth-order valence-corrected chi connectivity index (χ4v) is 3.05. The number of aromatic nitrogens is 1. The Bertz CT molecular complexity index is 986. The van der Waals surface area contributed by atoms with E-state index in [0.29, 0.717) is 17.5 Å². The molecule has 0 aliphatic rings. The molecule has 1 heterocycles. The fourth-order valence-electron chi connectivity index (χ4n) is 3.05.